The molecule has 2 aromatic heterocycles. The second-order valence-electron chi connectivity index (χ2n) is 8.74. The van der Waals surface area contributed by atoms with Crippen molar-refractivity contribution in [2.24, 2.45) is 5.92 Å². The van der Waals surface area contributed by atoms with Crippen LogP contribution >= 0.6 is 0 Å². The van der Waals surface area contributed by atoms with Gasteiger partial charge < -0.3 is 10.1 Å². The van der Waals surface area contributed by atoms with Gasteiger partial charge in [-0.15, -0.1) is 10.2 Å². The highest BCUT2D eigenvalue weighted by atomic mass is 19.1. The summed E-state index contributed by atoms with van der Waals surface area (Å²) in [4.78, 5) is 17.3. The van der Waals surface area contributed by atoms with E-state index in [1.165, 1.54) is 29.3 Å². The van der Waals surface area contributed by atoms with Crippen LogP contribution in [0, 0.1) is 23.5 Å². The molecule has 1 aliphatic carbocycles. The smallest absolute Gasteiger partial charge is 0.415 e. The van der Waals surface area contributed by atoms with Crippen LogP contribution in [0.2, 0.25) is 0 Å². The lowest BCUT2D eigenvalue weighted by Crippen LogP contribution is -2.39. The molecule has 0 atom stereocenters. The van der Waals surface area contributed by atoms with E-state index < -0.39 is 29.3 Å². The Morgan fingerprint density at radius 2 is 1.82 bits per heavy atom. The number of nitrogens with zero attached hydrogens (tertiary/aromatic N) is 4. The second kappa shape index (κ2) is 8.92. The Morgan fingerprint density at radius 1 is 1.06 bits per heavy atom. The van der Waals surface area contributed by atoms with Crippen LogP contribution in [-0.4, -0.2) is 40.0 Å². The zero-order valence-corrected chi connectivity index (χ0v) is 18.2. The first-order valence-corrected chi connectivity index (χ1v) is 11.1. The van der Waals surface area contributed by atoms with Gasteiger partial charge in [0.1, 0.15) is 28.7 Å². The molecule has 3 heterocycles. The van der Waals surface area contributed by atoms with Crippen molar-refractivity contribution in [1.82, 2.24) is 15.2 Å². The minimum absolute atomic E-state index is 0.135. The first-order chi connectivity index (χ1) is 16.4. The number of anilines is 2. The SMILES string of the molecule is O=C1OC2(CCC(CNc3ccc(-c4cc(F)cc(F)c4)nn3)CC2)CN1c1cccnc1F. The fourth-order valence-corrected chi connectivity index (χ4v) is 4.59. The lowest BCUT2D eigenvalue weighted by Gasteiger charge is -2.35. The standard InChI is InChI=1S/C24H22F3N5O2/c25-17-10-16(11-18(26)12-17)19-3-4-21(31-30-19)29-13-15-5-7-24(8-6-15)14-32(23(33)34-24)20-2-1-9-28-22(20)27/h1-4,9-12,15H,5-8,13-14H2,(H,29,31). The van der Waals surface area contributed by atoms with E-state index in [2.05, 4.69) is 20.5 Å². The van der Waals surface area contributed by atoms with Crippen molar-refractivity contribution >= 4 is 17.6 Å². The van der Waals surface area contributed by atoms with Gasteiger partial charge in [-0.3, -0.25) is 4.90 Å². The molecule has 0 unspecified atom stereocenters. The van der Waals surface area contributed by atoms with Crippen LogP contribution in [-0.2, 0) is 4.74 Å². The molecule has 1 saturated heterocycles. The van der Waals surface area contributed by atoms with Gasteiger partial charge in [-0.05, 0) is 68.0 Å². The van der Waals surface area contributed by atoms with E-state index in [0.29, 0.717) is 48.9 Å². The summed E-state index contributed by atoms with van der Waals surface area (Å²) in [5.74, 6) is -1.13. The van der Waals surface area contributed by atoms with Crippen molar-refractivity contribution in [3.63, 3.8) is 0 Å². The van der Waals surface area contributed by atoms with Gasteiger partial charge >= 0.3 is 6.09 Å². The third-order valence-electron chi connectivity index (χ3n) is 6.41. The van der Waals surface area contributed by atoms with E-state index >= 15 is 0 Å². The summed E-state index contributed by atoms with van der Waals surface area (Å²) in [6.07, 6.45) is 3.82. The fraction of sp³-hybridized carbons (Fsp3) is 0.333. The number of rotatable bonds is 5. The average Bonchev–Trinajstić information content (AvgIpc) is 3.14. The van der Waals surface area contributed by atoms with E-state index in [1.807, 2.05) is 0 Å². The van der Waals surface area contributed by atoms with E-state index in [9.17, 15) is 18.0 Å². The maximum Gasteiger partial charge on any atom is 0.415 e. The summed E-state index contributed by atoms with van der Waals surface area (Å²) >= 11 is 0. The zero-order valence-electron chi connectivity index (χ0n) is 18.2. The van der Waals surface area contributed by atoms with E-state index in [-0.39, 0.29) is 5.69 Å². The summed E-state index contributed by atoms with van der Waals surface area (Å²) in [5, 5.41) is 11.4. The molecule has 7 nitrogen and oxygen atoms in total. The number of carbonyl (C=O) groups excluding carboxylic acids is 1. The fourth-order valence-electron chi connectivity index (χ4n) is 4.59. The summed E-state index contributed by atoms with van der Waals surface area (Å²) in [5.41, 5.74) is 0.218. The predicted molar refractivity (Wildman–Crippen MR) is 119 cm³/mol. The number of carbonyl (C=O) groups is 1. The summed E-state index contributed by atoms with van der Waals surface area (Å²) in [6.45, 7) is 0.968. The molecule has 1 saturated carbocycles. The lowest BCUT2D eigenvalue weighted by molar-refractivity contribution is 0.0148. The maximum atomic E-state index is 14.0. The highest BCUT2D eigenvalue weighted by Crippen LogP contribution is 2.41. The Kier molecular flexibility index (Phi) is 5.80. The first-order valence-electron chi connectivity index (χ1n) is 11.1. The van der Waals surface area contributed by atoms with Gasteiger partial charge in [-0.1, -0.05) is 0 Å². The number of nitrogens with one attached hydrogen (secondary N) is 1. The third kappa shape index (κ3) is 4.52. The molecule has 1 spiro atoms. The number of halogens is 3. The minimum Gasteiger partial charge on any atom is -0.441 e. The Labute approximate surface area is 194 Å². The number of ether oxygens (including phenoxy) is 1. The largest absolute Gasteiger partial charge is 0.441 e. The topological polar surface area (TPSA) is 80.2 Å². The molecule has 1 amide bonds. The van der Waals surface area contributed by atoms with Gasteiger partial charge in [0, 0.05) is 24.4 Å². The molecule has 10 heteroatoms. The first kappa shape index (κ1) is 22.1. The predicted octanol–water partition coefficient (Wildman–Crippen LogP) is 4.95. The molecule has 1 N–H and O–H groups in total. The van der Waals surface area contributed by atoms with Crippen LogP contribution < -0.4 is 10.2 Å². The minimum atomic E-state index is -0.691. The Balaban J connectivity index is 1.15. The summed E-state index contributed by atoms with van der Waals surface area (Å²) in [7, 11) is 0. The number of benzene rings is 1. The highest BCUT2D eigenvalue weighted by Gasteiger charge is 2.48. The van der Waals surface area contributed by atoms with Gasteiger partial charge in [0.25, 0.3) is 0 Å². The zero-order chi connectivity index (χ0) is 23.7. The molecular weight excluding hydrogens is 447 g/mol. The number of pyridine rings is 1. The molecule has 2 fully saturated rings. The molecule has 34 heavy (non-hydrogen) atoms. The molecule has 3 aromatic rings. The number of aromatic nitrogens is 3. The normalized spacial score (nSPS) is 22.1. The van der Waals surface area contributed by atoms with Crippen LogP contribution in [0.4, 0.5) is 29.5 Å². The summed E-state index contributed by atoms with van der Waals surface area (Å²) in [6, 6.07) is 9.70. The monoisotopic (exact) mass is 469 g/mol. The molecule has 1 aliphatic heterocycles. The molecule has 0 radical (unpaired) electrons. The molecular formula is C24H22F3N5O2. The number of hydrogen-bond donors (Lipinski definition) is 1. The lowest BCUT2D eigenvalue weighted by atomic mass is 9.78. The van der Waals surface area contributed by atoms with Crippen molar-refractivity contribution in [3.05, 3.63) is 66.2 Å². The number of hydrogen-bond acceptors (Lipinski definition) is 6. The van der Waals surface area contributed by atoms with Crippen LogP contribution in [0.15, 0.2) is 48.7 Å². The van der Waals surface area contributed by atoms with Crippen molar-refractivity contribution in [1.29, 1.82) is 0 Å². The van der Waals surface area contributed by atoms with Crippen LogP contribution in [0.3, 0.4) is 0 Å². The highest BCUT2D eigenvalue weighted by molar-refractivity contribution is 5.90. The summed E-state index contributed by atoms with van der Waals surface area (Å²) < 4.78 is 46.6. The van der Waals surface area contributed by atoms with Crippen LogP contribution in [0.25, 0.3) is 11.3 Å². The Morgan fingerprint density at radius 3 is 2.50 bits per heavy atom. The van der Waals surface area contributed by atoms with Crippen molar-refractivity contribution < 1.29 is 22.7 Å². The quantitative estimate of drug-likeness (QED) is 0.533. The van der Waals surface area contributed by atoms with Crippen molar-refractivity contribution in [3.8, 4) is 11.3 Å². The maximum absolute atomic E-state index is 14.0. The molecule has 2 aliphatic rings. The molecule has 176 valence electrons. The second-order valence-corrected chi connectivity index (χ2v) is 8.74. The van der Waals surface area contributed by atoms with Crippen LogP contribution in [0.1, 0.15) is 25.7 Å². The Hall–Kier alpha value is -3.69. The number of amides is 1. The molecule has 0 bridgehead atoms. The van der Waals surface area contributed by atoms with E-state index in [0.717, 1.165) is 18.9 Å². The average molecular weight is 469 g/mol. The van der Waals surface area contributed by atoms with Gasteiger partial charge in [-0.25, -0.2) is 18.6 Å². The third-order valence-corrected chi connectivity index (χ3v) is 6.41. The van der Waals surface area contributed by atoms with Crippen molar-refractivity contribution in [2.75, 3.05) is 23.3 Å². The van der Waals surface area contributed by atoms with E-state index in [4.69, 9.17) is 4.74 Å². The van der Waals surface area contributed by atoms with Gasteiger partial charge in [0.15, 0.2) is 0 Å². The van der Waals surface area contributed by atoms with Gasteiger partial charge in [0.05, 0.1) is 12.2 Å². The van der Waals surface area contributed by atoms with Gasteiger partial charge in [0.2, 0.25) is 5.95 Å². The molecule has 1 aromatic carbocycles. The Bertz CT molecular complexity index is 1180. The van der Waals surface area contributed by atoms with E-state index in [1.54, 1.807) is 18.2 Å². The molecule has 5 rings (SSSR count). The van der Waals surface area contributed by atoms with Crippen LogP contribution in [0.5, 0.6) is 0 Å². The van der Waals surface area contributed by atoms with Gasteiger partial charge in [-0.2, -0.15) is 4.39 Å². The van der Waals surface area contributed by atoms with Crippen molar-refractivity contribution in [2.45, 2.75) is 31.3 Å².